The van der Waals surface area contributed by atoms with Crippen molar-refractivity contribution in [3.05, 3.63) is 54.1 Å². The number of hydrogen-bond donors (Lipinski definition) is 0. The van der Waals surface area contributed by atoms with Gasteiger partial charge in [0, 0.05) is 35.4 Å². The van der Waals surface area contributed by atoms with Gasteiger partial charge in [0.1, 0.15) is 6.33 Å². The van der Waals surface area contributed by atoms with E-state index in [-0.39, 0.29) is 5.91 Å². The summed E-state index contributed by atoms with van der Waals surface area (Å²) in [6.07, 6.45) is 13.2. The summed E-state index contributed by atoms with van der Waals surface area (Å²) in [6.45, 7) is 2.06. The normalized spacial score (nSPS) is 21.8. The Kier molecular flexibility index (Phi) is 4.74. The molecule has 29 heavy (non-hydrogen) atoms. The van der Waals surface area contributed by atoms with Crippen LogP contribution in [0.15, 0.2) is 43.0 Å². The molecule has 5 nitrogen and oxygen atoms in total. The van der Waals surface area contributed by atoms with Crippen LogP contribution in [0.1, 0.15) is 60.9 Å². The molecular formula is C24H26N4O. The Hall–Kier alpha value is -2.82. The first kappa shape index (κ1) is 18.2. The maximum Gasteiger partial charge on any atom is 0.255 e. The molecule has 5 heteroatoms. The van der Waals surface area contributed by atoms with Gasteiger partial charge in [-0.25, -0.2) is 15.0 Å². The standard InChI is InChI=1S/C24H26N4O/c1-16-9-10-20-21(12-22(27-23(20)11-16)17-13-25-15-26-14-17)24(29)28-18-5-2-3-6-19(28)8-4-7-18/h9-15,18-19H,2-8H2,1H3/t18-,19-/m0/s1. The molecule has 2 aromatic heterocycles. The van der Waals surface area contributed by atoms with Gasteiger partial charge in [0.25, 0.3) is 5.91 Å². The van der Waals surface area contributed by atoms with Crippen LogP contribution in [0.5, 0.6) is 0 Å². The van der Waals surface area contributed by atoms with E-state index in [2.05, 4.69) is 33.9 Å². The lowest BCUT2D eigenvalue weighted by Gasteiger charge is -2.41. The summed E-state index contributed by atoms with van der Waals surface area (Å²) in [5, 5.41) is 0.934. The second-order valence-corrected chi connectivity index (χ2v) is 8.44. The van der Waals surface area contributed by atoms with Gasteiger partial charge in [-0.1, -0.05) is 25.0 Å². The van der Waals surface area contributed by atoms with Crippen molar-refractivity contribution < 1.29 is 4.79 Å². The fourth-order valence-corrected chi connectivity index (χ4v) is 5.06. The second-order valence-electron chi connectivity index (χ2n) is 8.44. The summed E-state index contributed by atoms with van der Waals surface area (Å²) in [6, 6.07) is 8.86. The van der Waals surface area contributed by atoms with E-state index >= 15 is 0 Å². The molecule has 2 atom stereocenters. The smallest absolute Gasteiger partial charge is 0.255 e. The van der Waals surface area contributed by atoms with Gasteiger partial charge in [-0.3, -0.25) is 4.79 Å². The summed E-state index contributed by atoms with van der Waals surface area (Å²) in [4.78, 5) is 29.2. The number of hydrogen-bond acceptors (Lipinski definition) is 4. The van der Waals surface area contributed by atoms with Crippen molar-refractivity contribution in [1.29, 1.82) is 0 Å². The third-order valence-corrected chi connectivity index (χ3v) is 6.47. The van der Waals surface area contributed by atoms with Crippen molar-refractivity contribution in [3.63, 3.8) is 0 Å². The topological polar surface area (TPSA) is 59.0 Å². The van der Waals surface area contributed by atoms with Gasteiger partial charge in [-0.05, 0) is 56.7 Å². The second kappa shape index (κ2) is 7.54. The van der Waals surface area contributed by atoms with Crippen LogP contribution >= 0.6 is 0 Å². The molecule has 3 aromatic rings. The van der Waals surface area contributed by atoms with Gasteiger partial charge in [-0.15, -0.1) is 0 Å². The van der Waals surface area contributed by atoms with E-state index in [0.717, 1.165) is 59.0 Å². The first-order valence-electron chi connectivity index (χ1n) is 10.7. The number of fused-ring (bicyclic) bond motifs is 3. The van der Waals surface area contributed by atoms with Gasteiger partial charge in [0.05, 0.1) is 16.8 Å². The number of rotatable bonds is 2. The molecule has 2 aliphatic rings. The monoisotopic (exact) mass is 386 g/mol. The third kappa shape index (κ3) is 3.39. The molecule has 5 rings (SSSR count). The van der Waals surface area contributed by atoms with E-state index in [1.54, 1.807) is 12.4 Å². The van der Waals surface area contributed by atoms with Crippen molar-refractivity contribution in [3.8, 4) is 11.3 Å². The molecule has 2 saturated heterocycles. The lowest BCUT2D eigenvalue weighted by atomic mass is 9.92. The number of aryl methyl sites for hydroxylation is 1. The Morgan fingerprint density at radius 3 is 2.38 bits per heavy atom. The zero-order chi connectivity index (χ0) is 19.8. The highest BCUT2D eigenvalue weighted by molar-refractivity contribution is 6.07. The maximum absolute atomic E-state index is 13.9. The minimum absolute atomic E-state index is 0.163. The SMILES string of the molecule is Cc1ccc2c(C(=O)N3[C@H]4CCCC[C@H]3CCC4)cc(-c3cncnc3)nc2c1. The van der Waals surface area contributed by atoms with Crippen molar-refractivity contribution >= 4 is 16.8 Å². The van der Waals surface area contributed by atoms with E-state index < -0.39 is 0 Å². The van der Waals surface area contributed by atoms with Crippen molar-refractivity contribution in [2.45, 2.75) is 64.0 Å². The molecule has 1 aromatic carbocycles. The number of amides is 1. The van der Waals surface area contributed by atoms with Crippen LogP contribution in [-0.2, 0) is 0 Å². The highest BCUT2D eigenvalue weighted by Crippen LogP contribution is 2.35. The van der Waals surface area contributed by atoms with Crippen LogP contribution in [0.25, 0.3) is 22.2 Å². The molecule has 0 N–H and O–H groups in total. The Bertz CT molecular complexity index is 1040. The summed E-state index contributed by atoms with van der Waals surface area (Å²) in [7, 11) is 0. The minimum Gasteiger partial charge on any atom is -0.333 e. The van der Waals surface area contributed by atoms with Crippen LogP contribution in [0.2, 0.25) is 0 Å². The van der Waals surface area contributed by atoms with Gasteiger partial charge in [0.15, 0.2) is 0 Å². The minimum atomic E-state index is 0.163. The van der Waals surface area contributed by atoms with Crippen molar-refractivity contribution in [1.82, 2.24) is 19.9 Å². The van der Waals surface area contributed by atoms with Gasteiger partial charge >= 0.3 is 0 Å². The number of carbonyl (C=O) groups excluding carboxylic acids is 1. The molecule has 4 heterocycles. The molecule has 2 aliphatic heterocycles. The molecule has 2 fully saturated rings. The van der Waals surface area contributed by atoms with Gasteiger partial charge in [0.2, 0.25) is 0 Å². The van der Waals surface area contributed by atoms with E-state index in [1.165, 1.54) is 25.6 Å². The number of carbonyl (C=O) groups is 1. The van der Waals surface area contributed by atoms with Crippen LogP contribution in [-0.4, -0.2) is 37.8 Å². The molecule has 0 aliphatic carbocycles. The van der Waals surface area contributed by atoms with Crippen LogP contribution in [0, 0.1) is 6.92 Å². The predicted molar refractivity (Wildman–Crippen MR) is 114 cm³/mol. The Balaban J connectivity index is 1.66. The fraction of sp³-hybridized carbons (Fsp3) is 0.417. The fourth-order valence-electron chi connectivity index (χ4n) is 5.06. The van der Waals surface area contributed by atoms with Crippen LogP contribution in [0.3, 0.4) is 0 Å². The first-order valence-corrected chi connectivity index (χ1v) is 10.7. The highest BCUT2D eigenvalue weighted by atomic mass is 16.2. The lowest BCUT2D eigenvalue weighted by molar-refractivity contribution is 0.0462. The average molecular weight is 386 g/mol. The van der Waals surface area contributed by atoms with Crippen LogP contribution in [0.4, 0.5) is 0 Å². The van der Waals surface area contributed by atoms with E-state index in [1.807, 2.05) is 12.1 Å². The average Bonchev–Trinajstić information content (AvgIpc) is 2.87. The van der Waals surface area contributed by atoms with Crippen molar-refractivity contribution in [2.75, 3.05) is 0 Å². The summed E-state index contributed by atoms with van der Waals surface area (Å²) in [5.74, 6) is 0.163. The zero-order valence-corrected chi connectivity index (χ0v) is 16.8. The maximum atomic E-state index is 13.9. The quantitative estimate of drug-likeness (QED) is 0.626. The van der Waals surface area contributed by atoms with Crippen molar-refractivity contribution in [2.24, 2.45) is 0 Å². The lowest BCUT2D eigenvalue weighted by Crippen LogP contribution is -2.49. The Morgan fingerprint density at radius 1 is 0.966 bits per heavy atom. The molecule has 0 saturated carbocycles. The van der Waals surface area contributed by atoms with Gasteiger partial charge in [-0.2, -0.15) is 0 Å². The number of piperidine rings is 1. The van der Waals surface area contributed by atoms with Gasteiger partial charge < -0.3 is 4.90 Å². The molecule has 148 valence electrons. The Morgan fingerprint density at radius 2 is 1.66 bits per heavy atom. The molecule has 1 amide bonds. The summed E-state index contributed by atoms with van der Waals surface area (Å²) >= 11 is 0. The highest BCUT2D eigenvalue weighted by Gasteiger charge is 2.36. The molecule has 2 bridgehead atoms. The number of pyridine rings is 1. The molecule has 0 unspecified atom stereocenters. The van der Waals surface area contributed by atoms with Crippen LogP contribution < -0.4 is 0 Å². The Labute approximate surface area is 171 Å². The number of aromatic nitrogens is 3. The zero-order valence-electron chi connectivity index (χ0n) is 16.8. The predicted octanol–water partition coefficient (Wildman–Crippen LogP) is 4.94. The summed E-state index contributed by atoms with van der Waals surface area (Å²) < 4.78 is 0. The van der Waals surface area contributed by atoms with E-state index in [4.69, 9.17) is 4.98 Å². The molecular weight excluding hydrogens is 360 g/mol. The molecule has 0 radical (unpaired) electrons. The first-order chi connectivity index (χ1) is 14.2. The number of nitrogens with zero attached hydrogens (tertiary/aromatic N) is 4. The third-order valence-electron chi connectivity index (χ3n) is 6.47. The van der Waals surface area contributed by atoms with E-state index in [9.17, 15) is 4.79 Å². The number of benzene rings is 1. The summed E-state index contributed by atoms with van der Waals surface area (Å²) in [5.41, 5.74) is 4.34. The molecule has 0 spiro atoms. The van der Waals surface area contributed by atoms with E-state index in [0.29, 0.717) is 12.1 Å². The largest absolute Gasteiger partial charge is 0.333 e.